The first-order valence-electron chi connectivity index (χ1n) is 6.51. The number of benzene rings is 1. The molecule has 1 aromatic carbocycles. The van der Waals surface area contributed by atoms with Crippen LogP contribution in [0.2, 0.25) is 0 Å². The minimum Gasteiger partial charge on any atom is -0.354 e. The average Bonchev–Trinajstić information content (AvgIpc) is 2.96. The molecular weight excluding hydrogens is 238 g/mol. The Balaban J connectivity index is 1.57. The van der Waals surface area contributed by atoms with Crippen molar-refractivity contribution in [2.24, 2.45) is 0 Å². The molecule has 1 aromatic heterocycles. The second kappa shape index (κ2) is 7.26. The average molecular weight is 257 g/mol. The number of hydrogen-bond acceptors (Lipinski definition) is 1. The van der Waals surface area contributed by atoms with Gasteiger partial charge in [0.05, 0.1) is 0 Å². The van der Waals surface area contributed by atoms with Crippen LogP contribution < -0.4 is 10.6 Å². The van der Waals surface area contributed by atoms with E-state index in [0.717, 1.165) is 18.5 Å². The molecule has 0 aliphatic carbocycles. The molecule has 0 unspecified atom stereocenters. The number of carbonyl (C=O) groups excluding carboxylic acids is 1. The number of aryl methyl sites for hydroxylation is 1. The van der Waals surface area contributed by atoms with Crippen LogP contribution in [-0.2, 0) is 13.1 Å². The Morgan fingerprint density at radius 2 is 1.74 bits per heavy atom. The summed E-state index contributed by atoms with van der Waals surface area (Å²) in [4.78, 5) is 11.5. The van der Waals surface area contributed by atoms with Crippen molar-refractivity contribution < 1.29 is 4.79 Å². The number of nitrogens with zero attached hydrogens (tertiary/aromatic N) is 1. The van der Waals surface area contributed by atoms with Crippen molar-refractivity contribution in [1.82, 2.24) is 15.2 Å². The highest BCUT2D eigenvalue weighted by molar-refractivity contribution is 5.73. The highest BCUT2D eigenvalue weighted by atomic mass is 16.2. The highest BCUT2D eigenvalue weighted by Crippen LogP contribution is 1.97. The first-order chi connectivity index (χ1) is 9.34. The van der Waals surface area contributed by atoms with Gasteiger partial charge < -0.3 is 15.2 Å². The minimum absolute atomic E-state index is 0.114. The Morgan fingerprint density at radius 3 is 2.47 bits per heavy atom. The molecule has 4 heteroatoms. The quantitative estimate of drug-likeness (QED) is 0.767. The third kappa shape index (κ3) is 4.87. The van der Waals surface area contributed by atoms with E-state index in [9.17, 15) is 4.79 Å². The number of amides is 2. The number of nitrogens with one attached hydrogen (secondary N) is 2. The Labute approximate surface area is 113 Å². The summed E-state index contributed by atoms with van der Waals surface area (Å²) in [5.41, 5.74) is 1.10. The first kappa shape index (κ1) is 13.2. The van der Waals surface area contributed by atoms with E-state index in [1.54, 1.807) is 0 Å². The largest absolute Gasteiger partial charge is 0.354 e. The summed E-state index contributed by atoms with van der Waals surface area (Å²) in [6.07, 6.45) is 4.97. The predicted molar refractivity (Wildman–Crippen MR) is 75.7 cm³/mol. The normalized spacial score (nSPS) is 10.1. The lowest BCUT2D eigenvalue weighted by Crippen LogP contribution is -2.35. The Hall–Kier alpha value is -2.23. The van der Waals surface area contributed by atoms with Gasteiger partial charge in [0.1, 0.15) is 0 Å². The molecule has 0 radical (unpaired) electrons. The Morgan fingerprint density at radius 1 is 1.00 bits per heavy atom. The fourth-order valence-corrected chi connectivity index (χ4v) is 1.82. The summed E-state index contributed by atoms with van der Waals surface area (Å²) < 4.78 is 2.10. The number of carbonyl (C=O) groups is 1. The van der Waals surface area contributed by atoms with Crippen LogP contribution in [0.15, 0.2) is 54.9 Å². The second-order valence-electron chi connectivity index (χ2n) is 4.37. The molecule has 0 saturated heterocycles. The zero-order chi connectivity index (χ0) is 13.3. The molecule has 100 valence electrons. The van der Waals surface area contributed by atoms with Gasteiger partial charge in [0, 0.05) is 32.0 Å². The molecule has 0 fully saturated rings. The molecule has 2 rings (SSSR count). The van der Waals surface area contributed by atoms with Crippen LogP contribution in [0.25, 0.3) is 0 Å². The van der Waals surface area contributed by atoms with Gasteiger partial charge in [-0.25, -0.2) is 4.79 Å². The van der Waals surface area contributed by atoms with Gasteiger partial charge in [-0.1, -0.05) is 30.3 Å². The molecule has 2 N–H and O–H groups in total. The summed E-state index contributed by atoms with van der Waals surface area (Å²) in [5, 5.41) is 5.69. The van der Waals surface area contributed by atoms with E-state index in [1.165, 1.54) is 0 Å². The molecular formula is C15H19N3O. The Bertz CT molecular complexity index is 479. The van der Waals surface area contributed by atoms with E-state index in [0.29, 0.717) is 13.1 Å². The Kier molecular flexibility index (Phi) is 5.05. The summed E-state index contributed by atoms with van der Waals surface area (Å²) in [7, 11) is 0. The fraction of sp³-hybridized carbons (Fsp3) is 0.267. The fourth-order valence-electron chi connectivity index (χ4n) is 1.82. The van der Waals surface area contributed by atoms with Crippen molar-refractivity contribution in [2.45, 2.75) is 19.5 Å². The number of hydrogen-bond donors (Lipinski definition) is 2. The molecule has 4 nitrogen and oxygen atoms in total. The molecule has 0 spiro atoms. The topological polar surface area (TPSA) is 46.1 Å². The number of rotatable bonds is 6. The summed E-state index contributed by atoms with van der Waals surface area (Å²) in [6.45, 7) is 2.16. The summed E-state index contributed by atoms with van der Waals surface area (Å²) in [5.74, 6) is 0. The predicted octanol–water partition coefficient (Wildman–Crippen LogP) is 2.38. The van der Waals surface area contributed by atoms with Gasteiger partial charge in [-0.15, -0.1) is 0 Å². The van der Waals surface area contributed by atoms with Crippen molar-refractivity contribution in [3.05, 3.63) is 60.4 Å². The lowest BCUT2D eigenvalue weighted by molar-refractivity contribution is 0.240. The van der Waals surface area contributed by atoms with Crippen LogP contribution in [0.4, 0.5) is 4.79 Å². The highest BCUT2D eigenvalue weighted by Gasteiger charge is 1.99. The molecule has 0 atom stereocenters. The lowest BCUT2D eigenvalue weighted by Gasteiger charge is -2.08. The van der Waals surface area contributed by atoms with Crippen molar-refractivity contribution in [1.29, 1.82) is 0 Å². The van der Waals surface area contributed by atoms with E-state index in [4.69, 9.17) is 0 Å². The van der Waals surface area contributed by atoms with Crippen LogP contribution in [0, 0.1) is 0 Å². The molecule has 2 aromatic rings. The summed E-state index contributed by atoms with van der Waals surface area (Å²) in [6, 6.07) is 13.8. The molecule has 1 heterocycles. The number of aromatic nitrogens is 1. The zero-order valence-electron chi connectivity index (χ0n) is 10.9. The van der Waals surface area contributed by atoms with E-state index in [2.05, 4.69) is 15.2 Å². The second-order valence-corrected chi connectivity index (χ2v) is 4.37. The molecule has 19 heavy (non-hydrogen) atoms. The van der Waals surface area contributed by atoms with Crippen LogP contribution in [0.5, 0.6) is 0 Å². The van der Waals surface area contributed by atoms with Gasteiger partial charge in [0.25, 0.3) is 0 Å². The molecule has 0 aliphatic rings. The van der Waals surface area contributed by atoms with Crippen LogP contribution in [0.1, 0.15) is 12.0 Å². The van der Waals surface area contributed by atoms with Gasteiger partial charge in [0.15, 0.2) is 0 Å². The van der Waals surface area contributed by atoms with Crippen molar-refractivity contribution in [2.75, 3.05) is 6.54 Å². The maximum atomic E-state index is 11.5. The van der Waals surface area contributed by atoms with Crippen molar-refractivity contribution in [3.63, 3.8) is 0 Å². The number of urea groups is 1. The van der Waals surface area contributed by atoms with Crippen LogP contribution in [0.3, 0.4) is 0 Å². The maximum Gasteiger partial charge on any atom is 0.315 e. The summed E-state index contributed by atoms with van der Waals surface area (Å²) >= 11 is 0. The third-order valence-corrected chi connectivity index (χ3v) is 2.84. The molecule has 0 bridgehead atoms. The minimum atomic E-state index is -0.114. The molecule has 2 amide bonds. The van der Waals surface area contributed by atoms with Crippen LogP contribution in [-0.4, -0.2) is 17.1 Å². The SMILES string of the molecule is O=C(NCCCn1cccc1)NCc1ccccc1. The van der Waals surface area contributed by atoms with E-state index in [-0.39, 0.29) is 6.03 Å². The van der Waals surface area contributed by atoms with E-state index in [1.807, 2.05) is 54.9 Å². The van der Waals surface area contributed by atoms with Gasteiger partial charge in [0.2, 0.25) is 0 Å². The first-order valence-corrected chi connectivity index (χ1v) is 6.51. The monoisotopic (exact) mass is 257 g/mol. The molecule has 0 aliphatic heterocycles. The van der Waals surface area contributed by atoms with Gasteiger partial charge in [-0.2, -0.15) is 0 Å². The van der Waals surface area contributed by atoms with E-state index >= 15 is 0 Å². The van der Waals surface area contributed by atoms with Gasteiger partial charge >= 0.3 is 6.03 Å². The molecule has 0 saturated carbocycles. The van der Waals surface area contributed by atoms with Crippen LogP contribution >= 0.6 is 0 Å². The van der Waals surface area contributed by atoms with Crippen molar-refractivity contribution >= 4 is 6.03 Å². The third-order valence-electron chi connectivity index (χ3n) is 2.84. The lowest BCUT2D eigenvalue weighted by atomic mass is 10.2. The standard InChI is InChI=1S/C15H19N3O/c19-15(17-13-14-7-2-1-3-8-14)16-9-6-12-18-10-4-5-11-18/h1-5,7-8,10-11H,6,9,12-13H2,(H2,16,17,19). The van der Waals surface area contributed by atoms with Gasteiger partial charge in [-0.3, -0.25) is 0 Å². The van der Waals surface area contributed by atoms with Crippen molar-refractivity contribution in [3.8, 4) is 0 Å². The maximum absolute atomic E-state index is 11.5. The smallest absolute Gasteiger partial charge is 0.315 e. The van der Waals surface area contributed by atoms with E-state index < -0.39 is 0 Å². The van der Waals surface area contributed by atoms with Gasteiger partial charge in [-0.05, 0) is 24.1 Å². The zero-order valence-corrected chi connectivity index (χ0v) is 10.9.